The van der Waals surface area contributed by atoms with Crippen LogP contribution in [0, 0.1) is 0 Å². The van der Waals surface area contributed by atoms with E-state index >= 15 is 0 Å². The highest BCUT2D eigenvalue weighted by Gasteiger charge is 2.21. The van der Waals surface area contributed by atoms with Crippen LogP contribution in [-0.4, -0.2) is 31.3 Å². The molecule has 0 bridgehead atoms. The molecule has 19 heavy (non-hydrogen) atoms. The molecule has 0 spiro atoms. The second-order valence-corrected chi connectivity index (χ2v) is 4.40. The zero-order chi connectivity index (χ0) is 14.0. The average molecular weight is 263 g/mol. The smallest absolute Gasteiger partial charge is 0.358 e. The van der Waals surface area contributed by atoms with Crippen molar-refractivity contribution in [1.82, 2.24) is 4.98 Å². The molecule has 0 saturated carbocycles. The number of aromatic amines is 1. The second-order valence-electron chi connectivity index (χ2n) is 4.40. The summed E-state index contributed by atoms with van der Waals surface area (Å²) in [7, 11) is 2.94. The lowest BCUT2D eigenvalue weighted by molar-refractivity contribution is 0.0589. The zero-order valence-electron chi connectivity index (χ0n) is 11.4. The van der Waals surface area contributed by atoms with Gasteiger partial charge in [0.1, 0.15) is 5.75 Å². The van der Waals surface area contributed by atoms with Crippen LogP contribution in [0.25, 0.3) is 10.9 Å². The van der Waals surface area contributed by atoms with Crippen molar-refractivity contribution in [2.75, 3.05) is 14.2 Å². The van der Waals surface area contributed by atoms with Crippen LogP contribution in [0.1, 0.15) is 24.3 Å². The molecule has 0 aliphatic rings. The summed E-state index contributed by atoms with van der Waals surface area (Å²) in [5, 5.41) is 0.799. The minimum atomic E-state index is -0.453. The van der Waals surface area contributed by atoms with Crippen LogP contribution in [-0.2, 0) is 4.74 Å². The van der Waals surface area contributed by atoms with Gasteiger partial charge in [-0.3, -0.25) is 0 Å². The fourth-order valence-electron chi connectivity index (χ4n) is 1.88. The predicted molar refractivity (Wildman–Crippen MR) is 72.0 cm³/mol. The van der Waals surface area contributed by atoms with Crippen molar-refractivity contribution < 1.29 is 19.0 Å². The van der Waals surface area contributed by atoms with E-state index in [0.29, 0.717) is 17.2 Å². The third-order valence-electron chi connectivity index (χ3n) is 2.70. The molecule has 1 N–H and O–H groups in total. The lowest BCUT2D eigenvalue weighted by Crippen LogP contribution is -2.10. The third kappa shape index (κ3) is 2.50. The van der Waals surface area contributed by atoms with Crippen molar-refractivity contribution >= 4 is 16.9 Å². The Labute approximate surface area is 111 Å². The number of nitrogens with one attached hydrogen (secondary N) is 1. The Bertz CT molecular complexity index is 601. The number of H-pyrrole nitrogens is 1. The van der Waals surface area contributed by atoms with Gasteiger partial charge in [-0.2, -0.15) is 0 Å². The SMILES string of the molecule is COC(=O)c1[nH]c2ccc(OC)cc2c1OC(C)C. The van der Waals surface area contributed by atoms with Crippen molar-refractivity contribution in [1.29, 1.82) is 0 Å². The summed E-state index contributed by atoms with van der Waals surface area (Å²) in [5.74, 6) is 0.748. The number of fused-ring (bicyclic) bond motifs is 1. The Morgan fingerprint density at radius 3 is 2.58 bits per heavy atom. The average Bonchev–Trinajstić information content (AvgIpc) is 2.75. The lowest BCUT2D eigenvalue weighted by Gasteiger charge is -2.10. The molecule has 0 fully saturated rings. The Hall–Kier alpha value is -2.17. The number of hydrogen-bond donors (Lipinski definition) is 1. The lowest BCUT2D eigenvalue weighted by atomic mass is 10.2. The quantitative estimate of drug-likeness (QED) is 0.862. The number of methoxy groups -OCH3 is 2. The van der Waals surface area contributed by atoms with Crippen molar-refractivity contribution in [3.05, 3.63) is 23.9 Å². The van der Waals surface area contributed by atoms with Gasteiger partial charge in [-0.15, -0.1) is 0 Å². The molecule has 2 rings (SSSR count). The topological polar surface area (TPSA) is 60.6 Å². The van der Waals surface area contributed by atoms with Crippen LogP contribution in [0.4, 0.5) is 0 Å². The Balaban J connectivity index is 2.63. The second kappa shape index (κ2) is 5.22. The summed E-state index contributed by atoms with van der Waals surface area (Å²) < 4.78 is 15.7. The molecular weight excluding hydrogens is 246 g/mol. The number of carbonyl (C=O) groups is 1. The van der Waals surface area contributed by atoms with E-state index in [4.69, 9.17) is 14.2 Å². The first-order chi connectivity index (χ1) is 9.06. The van der Waals surface area contributed by atoms with Crippen LogP contribution >= 0.6 is 0 Å². The van der Waals surface area contributed by atoms with E-state index in [1.54, 1.807) is 7.11 Å². The van der Waals surface area contributed by atoms with Crippen LogP contribution in [0.2, 0.25) is 0 Å². The fourth-order valence-corrected chi connectivity index (χ4v) is 1.88. The summed E-state index contributed by atoms with van der Waals surface area (Å²) >= 11 is 0. The first kappa shape index (κ1) is 13.3. The number of esters is 1. The number of carbonyl (C=O) groups excluding carboxylic acids is 1. The van der Waals surface area contributed by atoms with E-state index in [-0.39, 0.29) is 6.10 Å². The number of ether oxygens (including phenoxy) is 3. The highest BCUT2D eigenvalue weighted by Crippen LogP contribution is 2.33. The largest absolute Gasteiger partial charge is 0.497 e. The molecule has 0 radical (unpaired) electrons. The van der Waals surface area contributed by atoms with E-state index in [9.17, 15) is 4.79 Å². The van der Waals surface area contributed by atoms with Gasteiger partial charge in [-0.05, 0) is 32.0 Å². The zero-order valence-corrected chi connectivity index (χ0v) is 11.4. The van der Waals surface area contributed by atoms with Crippen molar-refractivity contribution in [3.8, 4) is 11.5 Å². The Morgan fingerprint density at radius 1 is 1.26 bits per heavy atom. The van der Waals surface area contributed by atoms with E-state index in [1.807, 2.05) is 32.0 Å². The number of hydrogen-bond acceptors (Lipinski definition) is 4. The molecule has 5 nitrogen and oxygen atoms in total. The maximum atomic E-state index is 11.8. The van der Waals surface area contributed by atoms with Gasteiger partial charge in [0.05, 0.1) is 25.8 Å². The summed E-state index contributed by atoms with van der Waals surface area (Å²) in [6, 6.07) is 5.49. The number of rotatable bonds is 4. The molecule has 1 aromatic carbocycles. The maximum Gasteiger partial charge on any atom is 0.358 e. The molecular formula is C14H17NO4. The van der Waals surface area contributed by atoms with Crippen molar-refractivity contribution in [2.45, 2.75) is 20.0 Å². The number of benzene rings is 1. The summed E-state index contributed by atoms with van der Waals surface area (Å²) in [6.45, 7) is 3.81. The molecule has 1 aromatic heterocycles. The molecule has 0 atom stereocenters. The minimum absolute atomic E-state index is 0.0476. The van der Waals surface area contributed by atoms with Gasteiger partial charge >= 0.3 is 5.97 Å². The van der Waals surface area contributed by atoms with Crippen molar-refractivity contribution in [3.63, 3.8) is 0 Å². The molecule has 0 amide bonds. The molecule has 0 saturated heterocycles. The van der Waals surface area contributed by atoms with Gasteiger partial charge in [-0.25, -0.2) is 4.79 Å². The molecule has 0 unspecified atom stereocenters. The van der Waals surface area contributed by atoms with E-state index < -0.39 is 5.97 Å². The molecule has 102 valence electrons. The van der Waals surface area contributed by atoms with Gasteiger partial charge in [0.2, 0.25) is 0 Å². The van der Waals surface area contributed by atoms with Gasteiger partial charge in [0, 0.05) is 5.39 Å². The van der Waals surface area contributed by atoms with E-state index in [0.717, 1.165) is 10.9 Å². The van der Waals surface area contributed by atoms with E-state index in [1.165, 1.54) is 7.11 Å². The van der Waals surface area contributed by atoms with Gasteiger partial charge in [0.25, 0.3) is 0 Å². The fraction of sp³-hybridized carbons (Fsp3) is 0.357. The van der Waals surface area contributed by atoms with Gasteiger partial charge < -0.3 is 19.2 Å². The Morgan fingerprint density at radius 2 is 2.00 bits per heavy atom. The van der Waals surface area contributed by atoms with Crippen LogP contribution in [0.5, 0.6) is 11.5 Å². The van der Waals surface area contributed by atoms with Crippen molar-refractivity contribution in [2.24, 2.45) is 0 Å². The predicted octanol–water partition coefficient (Wildman–Crippen LogP) is 2.75. The number of aromatic nitrogens is 1. The van der Waals surface area contributed by atoms with Crippen LogP contribution in [0.3, 0.4) is 0 Å². The summed E-state index contributed by atoms with van der Waals surface area (Å²) in [6.07, 6.45) is -0.0476. The highest BCUT2D eigenvalue weighted by atomic mass is 16.5. The van der Waals surface area contributed by atoms with Crippen LogP contribution < -0.4 is 9.47 Å². The highest BCUT2D eigenvalue weighted by molar-refractivity contribution is 6.01. The maximum absolute atomic E-state index is 11.8. The first-order valence-corrected chi connectivity index (χ1v) is 6.01. The molecule has 0 aliphatic heterocycles. The third-order valence-corrected chi connectivity index (χ3v) is 2.70. The van der Waals surface area contributed by atoms with Crippen LogP contribution in [0.15, 0.2) is 18.2 Å². The Kier molecular flexibility index (Phi) is 3.64. The standard InChI is InChI=1S/C14H17NO4/c1-8(2)19-13-10-7-9(17-3)5-6-11(10)15-12(13)14(16)18-4/h5-8,15H,1-4H3. The normalized spacial score (nSPS) is 10.8. The van der Waals surface area contributed by atoms with E-state index in [2.05, 4.69) is 4.98 Å². The summed E-state index contributed by atoms with van der Waals surface area (Å²) in [4.78, 5) is 14.8. The molecule has 0 aliphatic carbocycles. The molecule has 2 aromatic rings. The van der Waals surface area contributed by atoms with Gasteiger partial charge in [-0.1, -0.05) is 0 Å². The first-order valence-electron chi connectivity index (χ1n) is 6.01. The monoisotopic (exact) mass is 263 g/mol. The summed E-state index contributed by atoms with van der Waals surface area (Å²) in [5.41, 5.74) is 1.12. The molecule has 5 heteroatoms. The molecule has 1 heterocycles. The minimum Gasteiger partial charge on any atom is -0.497 e. The van der Waals surface area contributed by atoms with Gasteiger partial charge in [0.15, 0.2) is 11.4 Å².